The summed E-state index contributed by atoms with van der Waals surface area (Å²) in [4.78, 5) is 2.64. The number of nitrogens with one attached hydrogen (secondary N) is 1. The first-order valence-corrected chi connectivity index (χ1v) is 8.28. The zero-order valence-electron chi connectivity index (χ0n) is 13.2. The van der Waals surface area contributed by atoms with E-state index in [2.05, 4.69) is 47.5 Å². The van der Waals surface area contributed by atoms with Gasteiger partial charge in [-0.2, -0.15) is 0 Å². The highest BCUT2D eigenvalue weighted by Crippen LogP contribution is 2.28. The number of ether oxygens (including phenoxy) is 1. The predicted molar refractivity (Wildman–Crippen MR) is 86.2 cm³/mol. The van der Waals surface area contributed by atoms with Gasteiger partial charge in [0.25, 0.3) is 0 Å². The largest absolute Gasteiger partial charge is 0.376 e. The van der Waals surface area contributed by atoms with Crippen molar-refractivity contribution in [1.82, 2.24) is 10.2 Å². The van der Waals surface area contributed by atoms with E-state index in [4.69, 9.17) is 4.74 Å². The second-order valence-electron chi connectivity index (χ2n) is 7.13. The van der Waals surface area contributed by atoms with Crippen LogP contribution in [0.3, 0.4) is 0 Å². The van der Waals surface area contributed by atoms with E-state index in [1.165, 1.54) is 51.1 Å². The van der Waals surface area contributed by atoms with Crippen LogP contribution in [0.25, 0.3) is 0 Å². The lowest BCUT2D eigenvalue weighted by Gasteiger charge is -2.29. The zero-order valence-corrected chi connectivity index (χ0v) is 13.2. The van der Waals surface area contributed by atoms with Gasteiger partial charge in [-0.15, -0.1) is 0 Å². The van der Waals surface area contributed by atoms with Gasteiger partial charge in [0.1, 0.15) is 0 Å². The Morgan fingerprint density at radius 2 is 2.19 bits per heavy atom. The molecule has 0 aromatic heterocycles. The van der Waals surface area contributed by atoms with Gasteiger partial charge in [0.05, 0.1) is 13.2 Å². The normalized spacial score (nSPS) is 30.0. The van der Waals surface area contributed by atoms with Crippen molar-refractivity contribution in [3.05, 3.63) is 35.9 Å². The molecule has 1 aromatic carbocycles. The van der Waals surface area contributed by atoms with E-state index >= 15 is 0 Å². The summed E-state index contributed by atoms with van der Waals surface area (Å²) in [6.07, 6.45) is 2.61. The highest BCUT2D eigenvalue weighted by molar-refractivity contribution is 5.13. The lowest BCUT2D eigenvalue weighted by molar-refractivity contribution is 0.0866. The number of hydrogen-bond acceptors (Lipinski definition) is 3. The van der Waals surface area contributed by atoms with E-state index in [0.717, 1.165) is 13.2 Å². The monoisotopic (exact) mass is 288 g/mol. The molecule has 2 atom stereocenters. The van der Waals surface area contributed by atoms with E-state index in [-0.39, 0.29) is 0 Å². The van der Waals surface area contributed by atoms with Gasteiger partial charge in [-0.3, -0.25) is 0 Å². The Morgan fingerprint density at radius 3 is 2.95 bits per heavy atom. The Labute approximate surface area is 128 Å². The van der Waals surface area contributed by atoms with Crippen LogP contribution in [0.5, 0.6) is 0 Å². The van der Waals surface area contributed by atoms with Gasteiger partial charge in [-0.25, -0.2) is 0 Å². The van der Waals surface area contributed by atoms with E-state index in [1.807, 2.05) is 0 Å². The van der Waals surface area contributed by atoms with Crippen molar-refractivity contribution < 1.29 is 4.74 Å². The topological polar surface area (TPSA) is 24.5 Å². The second kappa shape index (κ2) is 6.91. The molecule has 2 unspecified atom stereocenters. The summed E-state index contributed by atoms with van der Waals surface area (Å²) < 4.78 is 5.91. The smallest absolute Gasteiger partial charge is 0.0717 e. The molecule has 2 saturated heterocycles. The summed E-state index contributed by atoms with van der Waals surface area (Å²) in [5.74, 6) is 0.715. The number of likely N-dealkylation sites (tertiary alicyclic amines) is 1. The van der Waals surface area contributed by atoms with Gasteiger partial charge in [-0.1, -0.05) is 37.3 Å². The van der Waals surface area contributed by atoms with Crippen molar-refractivity contribution in [1.29, 1.82) is 0 Å². The highest BCUT2D eigenvalue weighted by Gasteiger charge is 2.33. The third-order valence-electron chi connectivity index (χ3n) is 4.90. The van der Waals surface area contributed by atoms with Gasteiger partial charge >= 0.3 is 0 Å². The minimum Gasteiger partial charge on any atom is -0.376 e. The van der Waals surface area contributed by atoms with Gasteiger partial charge < -0.3 is 15.0 Å². The molecule has 0 amide bonds. The number of hydrogen-bond donors (Lipinski definition) is 1. The number of benzene rings is 1. The summed E-state index contributed by atoms with van der Waals surface area (Å²) in [5, 5.41) is 3.50. The van der Waals surface area contributed by atoms with Crippen LogP contribution in [0.2, 0.25) is 0 Å². The summed E-state index contributed by atoms with van der Waals surface area (Å²) in [5.41, 5.74) is 1.76. The van der Waals surface area contributed by atoms with Crippen LogP contribution in [0.15, 0.2) is 30.3 Å². The maximum atomic E-state index is 5.91. The molecular formula is C18H28N2O. The van der Waals surface area contributed by atoms with Crippen molar-refractivity contribution in [3.63, 3.8) is 0 Å². The van der Waals surface area contributed by atoms with Crippen LogP contribution < -0.4 is 5.32 Å². The second-order valence-corrected chi connectivity index (χ2v) is 7.13. The molecule has 0 aliphatic carbocycles. The number of rotatable bonds is 6. The first-order chi connectivity index (χ1) is 10.2. The quantitative estimate of drug-likeness (QED) is 0.870. The van der Waals surface area contributed by atoms with Crippen LogP contribution in [-0.2, 0) is 11.3 Å². The molecule has 1 aromatic rings. The highest BCUT2D eigenvalue weighted by atomic mass is 16.5. The Hall–Kier alpha value is -0.900. The molecule has 21 heavy (non-hydrogen) atoms. The SMILES string of the molecule is CC1(CN2CCC(COCc3ccccc3)C2)CCNC1. The Kier molecular flexibility index (Phi) is 4.94. The molecule has 2 aliphatic heterocycles. The molecule has 2 aliphatic rings. The predicted octanol–water partition coefficient (Wildman–Crippen LogP) is 2.52. The zero-order chi connectivity index (χ0) is 14.5. The number of nitrogens with zero attached hydrogens (tertiary/aromatic N) is 1. The molecule has 1 N–H and O–H groups in total. The first kappa shape index (κ1) is 15.0. The average Bonchev–Trinajstić information content (AvgIpc) is 3.10. The van der Waals surface area contributed by atoms with Crippen LogP contribution in [0.1, 0.15) is 25.3 Å². The summed E-state index contributed by atoms with van der Waals surface area (Å²) >= 11 is 0. The van der Waals surface area contributed by atoms with Crippen LogP contribution in [-0.4, -0.2) is 44.2 Å². The van der Waals surface area contributed by atoms with E-state index in [9.17, 15) is 0 Å². The van der Waals surface area contributed by atoms with Crippen LogP contribution >= 0.6 is 0 Å². The van der Waals surface area contributed by atoms with Crippen molar-refractivity contribution in [2.24, 2.45) is 11.3 Å². The fourth-order valence-corrected chi connectivity index (χ4v) is 3.65. The average molecular weight is 288 g/mol. The molecule has 116 valence electrons. The molecule has 3 heteroatoms. The first-order valence-electron chi connectivity index (χ1n) is 8.28. The van der Waals surface area contributed by atoms with Gasteiger partial charge in [0.2, 0.25) is 0 Å². The third-order valence-corrected chi connectivity index (χ3v) is 4.90. The molecule has 0 bridgehead atoms. The Morgan fingerprint density at radius 1 is 1.33 bits per heavy atom. The summed E-state index contributed by atoms with van der Waals surface area (Å²) in [6.45, 7) is 10.1. The van der Waals surface area contributed by atoms with Crippen molar-refractivity contribution in [3.8, 4) is 0 Å². The van der Waals surface area contributed by atoms with Crippen molar-refractivity contribution in [2.75, 3.05) is 39.3 Å². The van der Waals surface area contributed by atoms with Gasteiger partial charge in [0.15, 0.2) is 0 Å². The summed E-state index contributed by atoms with van der Waals surface area (Å²) in [7, 11) is 0. The lowest BCUT2D eigenvalue weighted by atomic mass is 9.89. The molecule has 2 fully saturated rings. The Balaban J connectivity index is 1.37. The fourth-order valence-electron chi connectivity index (χ4n) is 3.65. The molecule has 3 nitrogen and oxygen atoms in total. The summed E-state index contributed by atoms with van der Waals surface area (Å²) in [6, 6.07) is 10.5. The van der Waals surface area contributed by atoms with Crippen molar-refractivity contribution >= 4 is 0 Å². The maximum Gasteiger partial charge on any atom is 0.0717 e. The third kappa shape index (κ3) is 4.29. The van der Waals surface area contributed by atoms with E-state index < -0.39 is 0 Å². The fraction of sp³-hybridized carbons (Fsp3) is 0.667. The van der Waals surface area contributed by atoms with Crippen molar-refractivity contribution in [2.45, 2.75) is 26.4 Å². The Bertz CT molecular complexity index is 428. The standard InChI is InChI=1S/C18H28N2O/c1-18(8-9-19-14-18)15-20-10-7-17(11-20)13-21-12-16-5-3-2-4-6-16/h2-6,17,19H,7-15H2,1H3. The minimum atomic E-state index is 0.486. The lowest BCUT2D eigenvalue weighted by Crippen LogP contribution is -2.36. The van der Waals surface area contributed by atoms with E-state index in [0.29, 0.717) is 11.3 Å². The van der Waals surface area contributed by atoms with E-state index in [1.54, 1.807) is 0 Å². The van der Waals surface area contributed by atoms with Gasteiger partial charge in [-0.05, 0) is 42.8 Å². The van der Waals surface area contributed by atoms with Crippen LogP contribution in [0.4, 0.5) is 0 Å². The molecule has 3 rings (SSSR count). The molecular weight excluding hydrogens is 260 g/mol. The minimum absolute atomic E-state index is 0.486. The molecule has 2 heterocycles. The molecule has 0 saturated carbocycles. The molecule has 0 radical (unpaired) electrons. The maximum absolute atomic E-state index is 5.91. The van der Waals surface area contributed by atoms with Crippen LogP contribution in [0, 0.1) is 11.3 Å². The van der Waals surface area contributed by atoms with Gasteiger partial charge in [0, 0.05) is 19.6 Å². The molecule has 0 spiro atoms.